The van der Waals surface area contributed by atoms with Crippen molar-refractivity contribution in [3.05, 3.63) is 28.8 Å². The van der Waals surface area contributed by atoms with Crippen LogP contribution in [-0.4, -0.2) is 22.9 Å². The first-order chi connectivity index (χ1) is 8.65. The fraction of sp³-hybridized carbons (Fsp3) is 0.571. The molecule has 1 aromatic rings. The van der Waals surface area contributed by atoms with Crippen LogP contribution in [0.1, 0.15) is 31.2 Å². The summed E-state index contributed by atoms with van der Waals surface area (Å²) in [5.41, 5.74) is 1.06. The van der Waals surface area contributed by atoms with Gasteiger partial charge in [-0.1, -0.05) is 24.1 Å². The maximum Gasteiger partial charge on any atom is 0.134 e. The Morgan fingerprint density at radius 3 is 2.89 bits per heavy atom. The molecule has 1 saturated carbocycles. The van der Waals surface area contributed by atoms with Gasteiger partial charge >= 0.3 is 0 Å². The van der Waals surface area contributed by atoms with Crippen molar-refractivity contribution in [2.24, 2.45) is 5.92 Å². The zero-order valence-electron chi connectivity index (χ0n) is 10.4. The van der Waals surface area contributed by atoms with Crippen LogP contribution in [0.2, 0.25) is 5.02 Å². The Labute approximate surface area is 113 Å². The number of hydrogen-bond donors (Lipinski definition) is 3. The molecule has 0 amide bonds. The smallest absolute Gasteiger partial charge is 0.134 e. The zero-order valence-corrected chi connectivity index (χ0v) is 11.2. The van der Waals surface area contributed by atoms with Gasteiger partial charge in [-0.05, 0) is 49.4 Å². The van der Waals surface area contributed by atoms with E-state index in [9.17, 15) is 10.2 Å². The molecular weight excluding hydrogens is 250 g/mol. The minimum atomic E-state index is -0.117. The van der Waals surface area contributed by atoms with Crippen molar-refractivity contribution in [3.8, 4) is 5.75 Å². The summed E-state index contributed by atoms with van der Waals surface area (Å²) in [6.07, 6.45) is 4.06. The number of rotatable bonds is 4. The highest BCUT2D eigenvalue weighted by Crippen LogP contribution is 2.25. The molecule has 0 saturated heterocycles. The number of aromatic hydroxyl groups is 1. The van der Waals surface area contributed by atoms with Gasteiger partial charge in [-0.3, -0.25) is 0 Å². The second-order valence-corrected chi connectivity index (χ2v) is 5.51. The van der Waals surface area contributed by atoms with Crippen molar-refractivity contribution in [2.75, 3.05) is 6.54 Å². The van der Waals surface area contributed by atoms with Gasteiger partial charge in [-0.15, -0.1) is 0 Å². The lowest BCUT2D eigenvalue weighted by Crippen LogP contribution is -2.28. The molecule has 1 fully saturated rings. The van der Waals surface area contributed by atoms with E-state index in [0.717, 1.165) is 37.9 Å². The Hall–Kier alpha value is -0.770. The van der Waals surface area contributed by atoms with Crippen molar-refractivity contribution >= 4 is 11.6 Å². The standard InChI is InChI=1S/C14H20ClNO2/c15-13-7-11(4-5-14(13)18)9-16-8-10-2-1-3-12(17)6-10/h4-5,7,10,12,16-18H,1-3,6,8-9H2. The number of phenols is 1. The predicted octanol–water partition coefficient (Wildman–Crippen LogP) is 2.69. The van der Waals surface area contributed by atoms with Crippen LogP contribution >= 0.6 is 11.6 Å². The first-order valence-electron chi connectivity index (χ1n) is 6.51. The van der Waals surface area contributed by atoms with Crippen molar-refractivity contribution in [2.45, 2.75) is 38.3 Å². The second-order valence-electron chi connectivity index (χ2n) is 5.10. The molecule has 0 aromatic heterocycles. The third-order valence-corrected chi connectivity index (χ3v) is 3.83. The van der Waals surface area contributed by atoms with Gasteiger partial charge in [-0.2, -0.15) is 0 Å². The Morgan fingerprint density at radius 2 is 2.17 bits per heavy atom. The highest BCUT2D eigenvalue weighted by atomic mass is 35.5. The van der Waals surface area contributed by atoms with Crippen LogP contribution < -0.4 is 5.32 Å². The normalized spacial score (nSPS) is 24.1. The molecule has 18 heavy (non-hydrogen) atoms. The van der Waals surface area contributed by atoms with E-state index in [4.69, 9.17) is 11.6 Å². The van der Waals surface area contributed by atoms with Gasteiger partial charge in [0.2, 0.25) is 0 Å². The predicted molar refractivity (Wildman–Crippen MR) is 72.8 cm³/mol. The van der Waals surface area contributed by atoms with E-state index in [0.29, 0.717) is 10.9 Å². The fourth-order valence-corrected chi connectivity index (χ4v) is 2.73. The molecule has 0 heterocycles. The van der Waals surface area contributed by atoms with E-state index in [1.54, 1.807) is 12.1 Å². The molecular formula is C14H20ClNO2. The average molecular weight is 270 g/mol. The molecule has 4 heteroatoms. The topological polar surface area (TPSA) is 52.5 Å². The average Bonchev–Trinajstić information content (AvgIpc) is 2.34. The molecule has 100 valence electrons. The van der Waals surface area contributed by atoms with Crippen LogP contribution in [0.5, 0.6) is 5.75 Å². The molecule has 0 spiro atoms. The van der Waals surface area contributed by atoms with Crippen LogP contribution in [-0.2, 0) is 6.54 Å². The molecule has 3 N–H and O–H groups in total. The third-order valence-electron chi connectivity index (χ3n) is 3.53. The maximum absolute atomic E-state index is 9.59. The highest BCUT2D eigenvalue weighted by molar-refractivity contribution is 6.32. The van der Waals surface area contributed by atoms with E-state index in [1.165, 1.54) is 6.42 Å². The van der Waals surface area contributed by atoms with Crippen molar-refractivity contribution in [1.82, 2.24) is 5.32 Å². The molecule has 2 rings (SSSR count). The van der Waals surface area contributed by atoms with E-state index in [-0.39, 0.29) is 11.9 Å². The summed E-state index contributed by atoms with van der Waals surface area (Å²) in [5, 5.41) is 22.7. The van der Waals surface area contributed by atoms with Crippen molar-refractivity contribution in [1.29, 1.82) is 0 Å². The number of aliphatic hydroxyl groups excluding tert-OH is 1. The number of benzene rings is 1. The van der Waals surface area contributed by atoms with Gasteiger partial charge in [0.25, 0.3) is 0 Å². The van der Waals surface area contributed by atoms with E-state index < -0.39 is 0 Å². The molecule has 0 bridgehead atoms. The maximum atomic E-state index is 9.59. The first kappa shape index (κ1) is 13.7. The van der Waals surface area contributed by atoms with E-state index in [2.05, 4.69) is 5.32 Å². The van der Waals surface area contributed by atoms with Crippen molar-refractivity contribution < 1.29 is 10.2 Å². The molecule has 0 aliphatic heterocycles. The summed E-state index contributed by atoms with van der Waals surface area (Å²) in [7, 11) is 0. The van der Waals surface area contributed by atoms with Crippen LogP contribution in [0.25, 0.3) is 0 Å². The minimum absolute atomic E-state index is 0.117. The van der Waals surface area contributed by atoms with Crippen molar-refractivity contribution in [3.63, 3.8) is 0 Å². The zero-order chi connectivity index (χ0) is 13.0. The number of phenolic OH excluding ortho intramolecular Hbond substituents is 1. The quantitative estimate of drug-likeness (QED) is 0.788. The van der Waals surface area contributed by atoms with Crippen LogP contribution in [0.15, 0.2) is 18.2 Å². The summed E-state index contributed by atoms with van der Waals surface area (Å²) in [4.78, 5) is 0. The number of halogens is 1. The monoisotopic (exact) mass is 269 g/mol. The Morgan fingerprint density at radius 1 is 1.33 bits per heavy atom. The number of hydrogen-bond acceptors (Lipinski definition) is 3. The Balaban J connectivity index is 1.76. The largest absolute Gasteiger partial charge is 0.506 e. The lowest BCUT2D eigenvalue weighted by Gasteiger charge is -2.26. The lowest BCUT2D eigenvalue weighted by molar-refractivity contribution is 0.101. The third kappa shape index (κ3) is 3.87. The molecule has 0 radical (unpaired) electrons. The molecule has 1 aromatic carbocycles. The van der Waals surface area contributed by atoms with Crippen LogP contribution in [0.3, 0.4) is 0 Å². The first-order valence-corrected chi connectivity index (χ1v) is 6.89. The number of nitrogens with one attached hydrogen (secondary N) is 1. The Bertz CT molecular complexity index is 397. The van der Waals surface area contributed by atoms with Gasteiger partial charge < -0.3 is 15.5 Å². The fourth-order valence-electron chi connectivity index (χ4n) is 2.53. The van der Waals surface area contributed by atoms with E-state index >= 15 is 0 Å². The number of aliphatic hydroxyl groups is 1. The van der Waals surface area contributed by atoms with Gasteiger partial charge in [0.15, 0.2) is 0 Å². The molecule has 1 aliphatic carbocycles. The second kappa shape index (κ2) is 6.41. The van der Waals surface area contributed by atoms with Gasteiger partial charge in [0, 0.05) is 6.54 Å². The van der Waals surface area contributed by atoms with Gasteiger partial charge in [0.05, 0.1) is 11.1 Å². The molecule has 2 atom stereocenters. The minimum Gasteiger partial charge on any atom is -0.506 e. The van der Waals surface area contributed by atoms with Crippen LogP contribution in [0, 0.1) is 5.92 Å². The molecule has 1 aliphatic rings. The lowest BCUT2D eigenvalue weighted by atomic mass is 9.87. The summed E-state index contributed by atoms with van der Waals surface area (Å²) >= 11 is 5.85. The summed E-state index contributed by atoms with van der Waals surface area (Å²) in [6, 6.07) is 5.26. The van der Waals surface area contributed by atoms with Gasteiger partial charge in [0.1, 0.15) is 5.75 Å². The molecule has 3 nitrogen and oxygen atoms in total. The van der Waals surface area contributed by atoms with Gasteiger partial charge in [-0.25, -0.2) is 0 Å². The summed E-state index contributed by atoms with van der Waals surface area (Å²) < 4.78 is 0. The molecule has 2 unspecified atom stereocenters. The SMILES string of the molecule is Oc1ccc(CNCC2CCCC(O)C2)cc1Cl. The van der Waals surface area contributed by atoms with Crippen LogP contribution in [0.4, 0.5) is 0 Å². The highest BCUT2D eigenvalue weighted by Gasteiger charge is 2.19. The Kier molecular flexibility index (Phi) is 4.87. The summed E-state index contributed by atoms with van der Waals surface area (Å²) in [5.74, 6) is 0.692. The van der Waals surface area contributed by atoms with E-state index in [1.807, 2.05) is 6.07 Å². The summed E-state index contributed by atoms with van der Waals surface area (Å²) in [6.45, 7) is 1.67.